The summed E-state index contributed by atoms with van der Waals surface area (Å²) in [6, 6.07) is 54.4. The molecule has 0 spiro atoms. The molecule has 0 heterocycles. The monoisotopic (exact) mass is 1120 g/mol. The molecule has 0 atom stereocenters. The molecule has 0 aliphatic heterocycles. The van der Waals surface area contributed by atoms with Crippen molar-refractivity contribution in [1.29, 1.82) is 0 Å². The summed E-state index contributed by atoms with van der Waals surface area (Å²) in [5.41, 5.74) is 12.2. The van der Waals surface area contributed by atoms with Crippen LogP contribution in [0.5, 0.6) is 0 Å². The highest BCUT2D eigenvalue weighted by Gasteiger charge is 2.49. The van der Waals surface area contributed by atoms with Crippen molar-refractivity contribution in [3.8, 4) is 22.3 Å². The van der Waals surface area contributed by atoms with Gasteiger partial charge < -0.3 is 0 Å². The lowest BCUT2D eigenvalue weighted by Gasteiger charge is -2.38. The number of fused-ring (bicyclic) bond motifs is 6. The van der Waals surface area contributed by atoms with Gasteiger partial charge in [0.1, 0.15) is 0 Å². The standard InChI is InChI=1S/C70H90Br2Si/c1-5-9-13-17-21-31-47-69(48-32-22-18-14-10-6-2)65-51-55(71)39-43-61(65)63-45-41-59(53-67(63)69)73(57-35-27-25-28-36-57,58-37-29-26-30-38-58)60-42-46-64-62-44-40-56(72)52-66(62)70(68(64)54-60,49-33-23-19-15-11-7-3)50-34-24-20-16-12-8-4/h25-30,35-46,51-54H,5-24,31-34,47-50H2,1-4H3. The molecule has 6 aromatic rings. The SMILES string of the molecule is CCCCCCCCC1(CCCCCCCC)c2cc(Br)ccc2-c2ccc([Si](c3ccccc3)(c3ccccc3)c3ccc4c(c3)C(CCCCCCCC)(CCCCCCCC)c3cc(Br)ccc3-4)cc21. The lowest BCUT2D eigenvalue weighted by atomic mass is 9.70. The summed E-state index contributed by atoms with van der Waals surface area (Å²) in [7, 11) is -2.97. The van der Waals surface area contributed by atoms with E-state index in [4.69, 9.17) is 0 Å². The van der Waals surface area contributed by atoms with Crippen molar-refractivity contribution in [3.63, 3.8) is 0 Å². The highest BCUT2D eigenvalue weighted by Crippen LogP contribution is 2.56. The fourth-order valence-corrected chi connectivity index (χ4v) is 19.4. The molecule has 0 saturated heterocycles. The predicted molar refractivity (Wildman–Crippen MR) is 330 cm³/mol. The Hall–Kier alpha value is -3.50. The largest absolute Gasteiger partial charge is 0.179 e. The Morgan fingerprint density at radius 1 is 0.288 bits per heavy atom. The van der Waals surface area contributed by atoms with E-state index >= 15 is 0 Å². The fraction of sp³-hybridized carbons (Fsp3) is 0.486. The van der Waals surface area contributed by atoms with Crippen LogP contribution in [0.15, 0.2) is 142 Å². The zero-order valence-electron chi connectivity index (χ0n) is 45.8. The van der Waals surface area contributed by atoms with Crippen LogP contribution in [0.2, 0.25) is 0 Å². The molecule has 2 aliphatic rings. The number of halogens is 2. The Labute approximate surface area is 462 Å². The summed E-state index contributed by atoms with van der Waals surface area (Å²) in [5, 5.41) is 6.02. The van der Waals surface area contributed by atoms with Crippen molar-refractivity contribution < 1.29 is 0 Å². The normalized spacial score (nSPS) is 14.0. The molecule has 73 heavy (non-hydrogen) atoms. The van der Waals surface area contributed by atoms with Gasteiger partial charge in [0.25, 0.3) is 0 Å². The molecule has 2 aliphatic carbocycles. The highest BCUT2D eigenvalue weighted by atomic mass is 79.9. The summed E-state index contributed by atoms with van der Waals surface area (Å²) < 4.78 is 2.42. The number of rotatable bonds is 32. The Kier molecular flexibility index (Phi) is 21.0. The summed E-state index contributed by atoms with van der Waals surface area (Å²) in [4.78, 5) is 0. The summed E-state index contributed by atoms with van der Waals surface area (Å²) >= 11 is 8.06. The van der Waals surface area contributed by atoms with Gasteiger partial charge in [0.05, 0.1) is 0 Å². The van der Waals surface area contributed by atoms with Crippen LogP contribution in [0.1, 0.15) is 230 Å². The molecule has 0 bridgehead atoms. The second-order valence-electron chi connectivity index (χ2n) is 22.6. The highest BCUT2D eigenvalue weighted by molar-refractivity contribution is 9.10. The molecule has 0 aromatic heterocycles. The Morgan fingerprint density at radius 3 is 0.877 bits per heavy atom. The Morgan fingerprint density at radius 2 is 0.562 bits per heavy atom. The van der Waals surface area contributed by atoms with Gasteiger partial charge in [-0.15, -0.1) is 0 Å². The molecule has 6 aromatic carbocycles. The van der Waals surface area contributed by atoms with Crippen LogP contribution in [0.4, 0.5) is 0 Å². The second-order valence-corrected chi connectivity index (χ2v) is 28.3. The first-order valence-corrected chi connectivity index (χ1v) is 33.5. The number of hydrogen-bond donors (Lipinski definition) is 0. The van der Waals surface area contributed by atoms with Crippen LogP contribution in [-0.4, -0.2) is 8.07 Å². The minimum absolute atomic E-state index is 0.0239. The smallest absolute Gasteiger partial charge is 0.0654 e. The molecule has 8 rings (SSSR count). The van der Waals surface area contributed by atoms with E-state index in [0.29, 0.717) is 0 Å². The van der Waals surface area contributed by atoms with E-state index in [1.165, 1.54) is 232 Å². The van der Waals surface area contributed by atoms with Crippen molar-refractivity contribution in [2.75, 3.05) is 0 Å². The molecule has 0 fully saturated rings. The van der Waals surface area contributed by atoms with Gasteiger partial charge in [0.2, 0.25) is 0 Å². The van der Waals surface area contributed by atoms with Crippen molar-refractivity contribution in [2.45, 2.75) is 218 Å². The average molecular weight is 1120 g/mol. The lowest BCUT2D eigenvalue weighted by molar-refractivity contribution is 0.398. The van der Waals surface area contributed by atoms with E-state index in [1.807, 2.05) is 0 Å². The first-order valence-electron chi connectivity index (χ1n) is 29.9. The maximum Gasteiger partial charge on any atom is 0.179 e. The molecule has 3 heteroatoms. The lowest BCUT2D eigenvalue weighted by Crippen LogP contribution is -2.75. The van der Waals surface area contributed by atoms with Crippen molar-refractivity contribution in [3.05, 3.63) is 165 Å². The van der Waals surface area contributed by atoms with Crippen molar-refractivity contribution in [2.24, 2.45) is 0 Å². The molecule has 388 valence electrons. The summed E-state index contributed by atoms with van der Waals surface area (Å²) in [5.74, 6) is 0. The van der Waals surface area contributed by atoms with Crippen molar-refractivity contribution in [1.82, 2.24) is 0 Å². The van der Waals surface area contributed by atoms with Gasteiger partial charge in [0.15, 0.2) is 8.07 Å². The van der Waals surface area contributed by atoms with Gasteiger partial charge in [-0.2, -0.15) is 0 Å². The summed E-state index contributed by atoms with van der Waals surface area (Å²) in [6.07, 6.45) is 36.6. The quantitative estimate of drug-likeness (QED) is 0.0224. The molecule has 0 radical (unpaired) electrons. The maximum atomic E-state index is 4.03. The fourth-order valence-electron chi connectivity index (χ4n) is 13.9. The molecule has 0 nitrogen and oxygen atoms in total. The van der Waals surface area contributed by atoms with Crippen LogP contribution >= 0.6 is 31.9 Å². The van der Waals surface area contributed by atoms with E-state index in [2.05, 4.69) is 193 Å². The maximum absolute atomic E-state index is 4.03. The van der Waals surface area contributed by atoms with Gasteiger partial charge in [-0.25, -0.2) is 0 Å². The Balaban J connectivity index is 1.33. The summed E-state index contributed by atoms with van der Waals surface area (Å²) in [6.45, 7) is 9.37. The molecule has 0 amide bonds. The minimum Gasteiger partial charge on any atom is -0.0654 e. The zero-order chi connectivity index (χ0) is 50.9. The third-order valence-electron chi connectivity index (χ3n) is 17.8. The third kappa shape index (κ3) is 12.4. The van der Waals surface area contributed by atoms with Gasteiger partial charge in [-0.05, 0) is 115 Å². The molecular formula is C70H90Br2Si. The van der Waals surface area contributed by atoms with Gasteiger partial charge in [0, 0.05) is 19.8 Å². The number of unbranched alkanes of at least 4 members (excludes halogenated alkanes) is 20. The molecular weight excluding hydrogens is 1030 g/mol. The Bertz CT molecular complexity index is 2410. The first-order chi connectivity index (χ1) is 35.9. The first kappa shape index (κ1) is 55.7. The van der Waals surface area contributed by atoms with Gasteiger partial charge in [-0.3, -0.25) is 0 Å². The van der Waals surface area contributed by atoms with E-state index in [0.717, 1.165) is 0 Å². The van der Waals surface area contributed by atoms with Crippen LogP contribution in [0, 0.1) is 0 Å². The number of benzene rings is 6. The van der Waals surface area contributed by atoms with Crippen LogP contribution in [0.25, 0.3) is 22.3 Å². The van der Waals surface area contributed by atoms with E-state index in [-0.39, 0.29) is 10.8 Å². The molecule has 0 N–H and O–H groups in total. The topological polar surface area (TPSA) is 0 Å². The van der Waals surface area contributed by atoms with Crippen LogP contribution in [-0.2, 0) is 10.8 Å². The second kappa shape index (κ2) is 27.5. The molecule has 0 saturated carbocycles. The average Bonchev–Trinajstić information content (AvgIpc) is 3.83. The van der Waals surface area contributed by atoms with Crippen LogP contribution < -0.4 is 20.7 Å². The predicted octanol–water partition coefficient (Wildman–Crippen LogP) is 20.1. The van der Waals surface area contributed by atoms with Crippen molar-refractivity contribution >= 4 is 60.7 Å². The minimum atomic E-state index is -2.97. The van der Waals surface area contributed by atoms with Crippen LogP contribution in [0.3, 0.4) is 0 Å². The van der Waals surface area contributed by atoms with E-state index < -0.39 is 8.07 Å². The van der Waals surface area contributed by atoms with E-state index in [1.54, 1.807) is 22.3 Å². The zero-order valence-corrected chi connectivity index (χ0v) is 49.9. The number of hydrogen-bond acceptors (Lipinski definition) is 0. The van der Waals surface area contributed by atoms with Gasteiger partial charge in [-0.1, -0.05) is 323 Å². The molecule has 0 unspecified atom stereocenters. The van der Waals surface area contributed by atoms with E-state index in [9.17, 15) is 0 Å². The van der Waals surface area contributed by atoms with Gasteiger partial charge >= 0.3 is 0 Å². The third-order valence-corrected chi connectivity index (χ3v) is 23.5.